The van der Waals surface area contributed by atoms with E-state index >= 15 is 0 Å². The van der Waals surface area contributed by atoms with Gasteiger partial charge >= 0.3 is 0 Å². The first-order valence-electron chi connectivity index (χ1n) is 5.02. The second-order valence-electron chi connectivity index (χ2n) is 3.42. The predicted octanol–water partition coefficient (Wildman–Crippen LogP) is 2.72. The summed E-state index contributed by atoms with van der Waals surface area (Å²) in [6, 6.07) is 2.97. The van der Waals surface area contributed by atoms with Crippen molar-refractivity contribution < 1.29 is 4.79 Å². The van der Waals surface area contributed by atoms with Crippen molar-refractivity contribution in [2.24, 2.45) is 0 Å². The third kappa shape index (κ3) is 3.85. The molecule has 3 N–H and O–H groups in total. The van der Waals surface area contributed by atoms with Crippen LogP contribution in [-0.2, 0) is 0 Å². The van der Waals surface area contributed by atoms with E-state index in [2.05, 4.69) is 11.2 Å². The highest BCUT2D eigenvalue weighted by atomic mass is 35.5. The van der Waals surface area contributed by atoms with Crippen LogP contribution in [0.2, 0.25) is 10.0 Å². The van der Waals surface area contributed by atoms with Crippen LogP contribution in [0, 0.1) is 12.3 Å². The number of carbonyl (C=O) groups is 1. The molecule has 0 saturated carbocycles. The minimum Gasteiger partial charge on any atom is -0.397 e. The highest BCUT2D eigenvalue weighted by Crippen LogP contribution is 2.29. The van der Waals surface area contributed by atoms with Crippen LogP contribution in [0.3, 0.4) is 0 Å². The maximum Gasteiger partial charge on any atom is 0.251 e. The molecule has 0 aliphatic heterocycles. The number of hydrogen-bond acceptors (Lipinski definition) is 2. The molecule has 0 saturated heterocycles. The van der Waals surface area contributed by atoms with Gasteiger partial charge < -0.3 is 11.1 Å². The Balaban J connectivity index is 2.67. The maximum atomic E-state index is 11.7. The number of terminal acetylenes is 1. The number of rotatable bonds is 4. The molecule has 1 amide bonds. The summed E-state index contributed by atoms with van der Waals surface area (Å²) in [5.74, 6) is 2.25. The predicted molar refractivity (Wildman–Crippen MR) is 71.3 cm³/mol. The summed E-state index contributed by atoms with van der Waals surface area (Å²) >= 11 is 11.6. The third-order valence-electron chi connectivity index (χ3n) is 2.10. The van der Waals surface area contributed by atoms with Gasteiger partial charge in [-0.25, -0.2) is 0 Å². The topological polar surface area (TPSA) is 55.1 Å². The van der Waals surface area contributed by atoms with Crippen LogP contribution in [0.1, 0.15) is 23.2 Å². The van der Waals surface area contributed by atoms with Gasteiger partial charge in [0.2, 0.25) is 0 Å². The second kappa shape index (κ2) is 6.39. The van der Waals surface area contributed by atoms with Gasteiger partial charge in [-0.3, -0.25) is 4.79 Å². The summed E-state index contributed by atoms with van der Waals surface area (Å²) in [6.07, 6.45) is 6.47. The Hall–Kier alpha value is -1.37. The van der Waals surface area contributed by atoms with Gasteiger partial charge in [-0.05, 0) is 18.6 Å². The van der Waals surface area contributed by atoms with E-state index in [4.69, 9.17) is 35.4 Å². The molecule has 3 nitrogen and oxygen atoms in total. The van der Waals surface area contributed by atoms with Crippen molar-refractivity contribution in [3.8, 4) is 12.3 Å². The van der Waals surface area contributed by atoms with Crippen LogP contribution in [0.5, 0.6) is 0 Å². The van der Waals surface area contributed by atoms with E-state index in [-0.39, 0.29) is 21.6 Å². The molecule has 0 aliphatic carbocycles. The number of anilines is 1. The molecule has 1 rings (SSSR count). The number of nitrogens with one attached hydrogen (secondary N) is 1. The minimum atomic E-state index is -0.243. The van der Waals surface area contributed by atoms with Gasteiger partial charge in [0.15, 0.2) is 0 Å². The summed E-state index contributed by atoms with van der Waals surface area (Å²) in [5, 5.41) is 3.24. The average molecular weight is 271 g/mol. The molecular formula is C12H12Cl2N2O. The van der Waals surface area contributed by atoms with Gasteiger partial charge in [-0.1, -0.05) is 23.2 Å². The van der Waals surface area contributed by atoms with Gasteiger partial charge in [0.05, 0.1) is 15.7 Å². The van der Waals surface area contributed by atoms with Gasteiger partial charge in [0, 0.05) is 18.5 Å². The third-order valence-corrected chi connectivity index (χ3v) is 2.92. The zero-order chi connectivity index (χ0) is 12.8. The van der Waals surface area contributed by atoms with Crippen molar-refractivity contribution in [2.45, 2.75) is 12.8 Å². The SMILES string of the molecule is C#CCCCNC(=O)c1cc(N)c(Cl)c(Cl)c1. The number of carbonyl (C=O) groups excluding carboxylic acids is 1. The molecule has 1 aromatic rings. The summed E-state index contributed by atoms with van der Waals surface area (Å²) < 4.78 is 0. The monoisotopic (exact) mass is 270 g/mol. The van der Waals surface area contributed by atoms with Crippen molar-refractivity contribution in [2.75, 3.05) is 12.3 Å². The quantitative estimate of drug-likeness (QED) is 0.502. The highest BCUT2D eigenvalue weighted by Gasteiger charge is 2.10. The average Bonchev–Trinajstić information content (AvgIpc) is 2.30. The van der Waals surface area contributed by atoms with Crippen molar-refractivity contribution >= 4 is 34.8 Å². The summed E-state index contributed by atoms with van der Waals surface area (Å²) in [5.41, 5.74) is 6.28. The molecular weight excluding hydrogens is 259 g/mol. The Bertz CT molecular complexity index is 443. The van der Waals surface area contributed by atoms with Gasteiger partial charge in [-0.15, -0.1) is 12.3 Å². The smallest absolute Gasteiger partial charge is 0.251 e. The number of amides is 1. The Morgan fingerprint density at radius 1 is 1.47 bits per heavy atom. The molecule has 1 aromatic carbocycles. The summed E-state index contributed by atoms with van der Waals surface area (Å²) in [7, 11) is 0. The number of benzene rings is 1. The maximum absolute atomic E-state index is 11.7. The molecule has 0 fully saturated rings. The van der Waals surface area contributed by atoms with Crippen LogP contribution in [-0.4, -0.2) is 12.5 Å². The molecule has 0 aromatic heterocycles. The number of nitrogens with two attached hydrogens (primary N) is 1. The van der Waals surface area contributed by atoms with Crippen molar-refractivity contribution in [1.82, 2.24) is 5.32 Å². The molecule has 0 unspecified atom stereocenters. The molecule has 17 heavy (non-hydrogen) atoms. The van der Waals surface area contributed by atoms with Crippen LogP contribution >= 0.6 is 23.2 Å². The molecule has 0 radical (unpaired) electrons. The number of hydrogen-bond donors (Lipinski definition) is 2. The lowest BCUT2D eigenvalue weighted by Crippen LogP contribution is -2.24. The Morgan fingerprint density at radius 3 is 2.76 bits per heavy atom. The lowest BCUT2D eigenvalue weighted by molar-refractivity contribution is 0.0953. The fourth-order valence-corrected chi connectivity index (χ4v) is 1.57. The molecule has 0 bridgehead atoms. The van der Waals surface area contributed by atoms with Crippen molar-refractivity contribution in [3.63, 3.8) is 0 Å². The molecule has 5 heteroatoms. The van der Waals surface area contributed by atoms with E-state index < -0.39 is 0 Å². The molecule has 0 aliphatic rings. The van der Waals surface area contributed by atoms with Crippen LogP contribution in [0.25, 0.3) is 0 Å². The lowest BCUT2D eigenvalue weighted by atomic mass is 10.2. The van der Waals surface area contributed by atoms with Crippen LogP contribution < -0.4 is 11.1 Å². The zero-order valence-corrected chi connectivity index (χ0v) is 10.6. The van der Waals surface area contributed by atoms with Crippen molar-refractivity contribution in [3.05, 3.63) is 27.7 Å². The molecule has 0 spiro atoms. The van der Waals surface area contributed by atoms with E-state index in [1.54, 1.807) is 0 Å². The Kier molecular flexibility index (Phi) is 5.14. The van der Waals surface area contributed by atoms with E-state index in [1.807, 2.05) is 0 Å². The second-order valence-corrected chi connectivity index (χ2v) is 4.21. The van der Waals surface area contributed by atoms with Crippen LogP contribution in [0.4, 0.5) is 5.69 Å². The lowest BCUT2D eigenvalue weighted by Gasteiger charge is -2.07. The number of nitrogen functional groups attached to an aromatic ring is 1. The number of unbranched alkanes of at least 4 members (excludes halogenated alkanes) is 1. The largest absolute Gasteiger partial charge is 0.397 e. The minimum absolute atomic E-state index is 0.243. The first kappa shape index (κ1) is 13.7. The molecule has 0 atom stereocenters. The van der Waals surface area contributed by atoms with Crippen LogP contribution in [0.15, 0.2) is 12.1 Å². The number of halogens is 2. The first-order chi connectivity index (χ1) is 8.06. The molecule has 0 heterocycles. The van der Waals surface area contributed by atoms with Crippen molar-refractivity contribution in [1.29, 1.82) is 0 Å². The Labute approximate surface area is 110 Å². The van der Waals surface area contributed by atoms with E-state index in [0.29, 0.717) is 18.5 Å². The zero-order valence-electron chi connectivity index (χ0n) is 9.09. The van der Waals surface area contributed by atoms with E-state index in [0.717, 1.165) is 6.42 Å². The molecule has 90 valence electrons. The Morgan fingerprint density at radius 2 is 2.18 bits per heavy atom. The fourth-order valence-electron chi connectivity index (χ4n) is 1.24. The van der Waals surface area contributed by atoms with Gasteiger partial charge in [0.1, 0.15) is 0 Å². The van der Waals surface area contributed by atoms with Gasteiger partial charge in [0.25, 0.3) is 5.91 Å². The van der Waals surface area contributed by atoms with E-state index in [1.165, 1.54) is 12.1 Å². The first-order valence-corrected chi connectivity index (χ1v) is 5.78. The standard InChI is InChI=1S/C12H12Cl2N2O/c1-2-3-4-5-16-12(17)8-6-9(13)11(14)10(15)7-8/h1,6-7H,3-5,15H2,(H,16,17). The normalized spacial score (nSPS) is 9.71. The van der Waals surface area contributed by atoms with Gasteiger partial charge in [-0.2, -0.15) is 0 Å². The fraction of sp³-hybridized carbons (Fsp3) is 0.250. The highest BCUT2D eigenvalue weighted by molar-refractivity contribution is 6.43. The summed E-state index contributed by atoms with van der Waals surface area (Å²) in [6.45, 7) is 0.517. The summed E-state index contributed by atoms with van der Waals surface area (Å²) in [4.78, 5) is 11.7. The van der Waals surface area contributed by atoms with E-state index in [9.17, 15) is 4.79 Å².